The van der Waals surface area contributed by atoms with Gasteiger partial charge in [-0.05, 0) is 42.2 Å². The molecule has 0 fully saturated rings. The first kappa shape index (κ1) is 22.7. The zero-order valence-corrected chi connectivity index (χ0v) is 17.3. The van der Waals surface area contributed by atoms with E-state index in [0.717, 1.165) is 29.8 Å². The van der Waals surface area contributed by atoms with E-state index in [0.29, 0.717) is 5.56 Å². The van der Waals surface area contributed by atoms with Crippen LogP contribution < -0.4 is 0 Å². The number of halogens is 2. The molecule has 2 rings (SSSR count). The molecule has 0 aliphatic rings. The van der Waals surface area contributed by atoms with E-state index < -0.39 is 38.3 Å². The van der Waals surface area contributed by atoms with Gasteiger partial charge in [-0.3, -0.25) is 4.79 Å². The van der Waals surface area contributed by atoms with Crippen molar-refractivity contribution in [2.75, 3.05) is 0 Å². The second-order valence-electron chi connectivity index (χ2n) is 7.57. The van der Waals surface area contributed by atoms with Gasteiger partial charge in [-0.25, -0.2) is 13.2 Å². The fraction of sp³-hybridized carbons (Fsp3) is 0.333. The molecule has 156 valence electrons. The van der Waals surface area contributed by atoms with Crippen molar-refractivity contribution >= 4 is 21.6 Å². The molecule has 0 radical (unpaired) electrons. The lowest BCUT2D eigenvalue weighted by Gasteiger charge is -2.19. The van der Waals surface area contributed by atoms with Crippen LogP contribution in [0.5, 0.6) is 0 Å². The molecule has 0 heterocycles. The minimum Gasteiger partial charge on any atom is -0.451 e. The molecule has 0 aromatic heterocycles. The Balaban J connectivity index is 2.09. The second kappa shape index (κ2) is 8.41. The number of sulfone groups is 1. The van der Waals surface area contributed by atoms with Crippen molar-refractivity contribution in [3.8, 4) is 0 Å². The first-order valence-corrected chi connectivity index (χ1v) is 10.4. The number of Topliss-reactive ketones (excluding diaryl/α,β-unsaturated/α-hetero) is 1. The predicted octanol–water partition coefficient (Wildman–Crippen LogP) is 4.41. The topological polar surface area (TPSA) is 77.5 Å². The summed E-state index contributed by atoms with van der Waals surface area (Å²) >= 11 is 0. The van der Waals surface area contributed by atoms with Gasteiger partial charge in [-0.1, -0.05) is 45.0 Å². The Morgan fingerprint density at radius 3 is 1.83 bits per heavy atom. The summed E-state index contributed by atoms with van der Waals surface area (Å²) in [4.78, 5) is 24.1. The van der Waals surface area contributed by atoms with Crippen molar-refractivity contribution in [1.29, 1.82) is 0 Å². The molecular weight excluding hydrogens is 402 g/mol. The highest BCUT2D eigenvalue weighted by Crippen LogP contribution is 2.23. The lowest BCUT2D eigenvalue weighted by atomic mass is 9.86. The van der Waals surface area contributed by atoms with Crippen LogP contribution in [-0.2, 0) is 20.0 Å². The van der Waals surface area contributed by atoms with Gasteiger partial charge in [0, 0.05) is 5.56 Å². The van der Waals surface area contributed by atoms with Crippen LogP contribution in [0.2, 0.25) is 0 Å². The van der Waals surface area contributed by atoms with Crippen molar-refractivity contribution in [1.82, 2.24) is 0 Å². The Bertz CT molecular complexity index is 989. The van der Waals surface area contributed by atoms with Crippen LogP contribution in [0.1, 0.15) is 54.0 Å². The van der Waals surface area contributed by atoms with Crippen LogP contribution in [0, 0.1) is 0 Å². The number of alkyl halides is 2. The van der Waals surface area contributed by atoms with E-state index >= 15 is 0 Å². The minimum atomic E-state index is -4.75. The maximum atomic E-state index is 12.6. The number of carbonyl (C=O) groups excluding carboxylic acids is 2. The lowest BCUT2D eigenvalue weighted by Crippen LogP contribution is -2.24. The van der Waals surface area contributed by atoms with Gasteiger partial charge in [-0.2, -0.15) is 8.78 Å². The summed E-state index contributed by atoms with van der Waals surface area (Å²) in [6, 6.07) is 10.9. The molecule has 8 heteroatoms. The largest absolute Gasteiger partial charge is 0.451 e. The SMILES string of the molecule is CC(OC(=O)c1ccc(S(=O)(=O)C(F)F)cc1)C(=O)c1ccc(C(C)(C)C)cc1. The zero-order valence-electron chi connectivity index (χ0n) is 16.5. The van der Waals surface area contributed by atoms with E-state index in [-0.39, 0.29) is 11.0 Å². The van der Waals surface area contributed by atoms with Gasteiger partial charge in [0.15, 0.2) is 6.10 Å². The third-order valence-electron chi connectivity index (χ3n) is 4.34. The highest BCUT2D eigenvalue weighted by molar-refractivity contribution is 7.91. The smallest absolute Gasteiger partial charge is 0.341 e. The number of benzene rings is 2. The normalized spacial score (nSPS) is 13.2. The first-order chi connectivity index (χ1) is 13.3. The maximum absolute atomic E-state index is 12.6. The van der Waals surface area contributed by atoms with Crippen LogP contribution in [0.3, 0.4) is 0 Å². The molecule has 1 unspecified atom stereocenters. The fourth-order valence-corrected chi connectivity index (χ4v) is 3.26. The summed E-state index contributed by atoms with van der Waals surface area (Å²) in [5, 5.41) is 0. The molecule has 0 bridgehead atoms. The minimum absolute atomic E-state index is 0.0547. The van der Waals surface area contributed by atoms with Gasteiger partial charge in [0.1, 0.15) is 0 Å². The van der Waals surface area contributed by atoms with Crippen molar-refractivity contribution in [2.24, 2.45) is 0 Å². The van der Waals surface area contributed by atoms with Crippen LogP contribution in [-0.4, -0.2) is 32.0 Å². The Kier molecular flexibility index (Phi) is 6.57. The standard InChI is InChI=1S/C21H22F2O5S/c1-13(18(24)14-5-9-16(10-6-14)21(2,3)4)28-19(25)15-7-11-17(12-8-15)29(26,27)20(22)23/h5-13,20H,1-4H3. The van der Waals surface area contributed by atoms with Gasteiger partial charge in [0.25, 0.3) is 0 Å². The van der Waals surface area contributed by atoms with Crippen molar-refractivity contribution in [3.63, 3.8) is 0 Å². The van der Waals surface area contributed by atoms with Crippen LogP contribution in [0.25, 0.3) is 0 Å². The third kappa shape index (κ3) is 5.26. The number of ether oxygens (including phenoxy) is 1. The summed E-state index contributed by atoms with van der Waals surface area (Å²) in [7, 11) is -4.75. The van der Waals surface area contributed by atoms with Gasteiger partial charge < -0.3 is 4.74 Å². The Hall–Kier alpha value is -2.61. The van der Waals surface area contributed by atoms with E-state index in [9.17, 15) is 26.8 Å². The van der Waals surface area contributed by atoms with Gasteiger partial charge >= 0.3 is 11.7 Å². The Morgan fingerprint density at radius 1 is 0.897 bits per heavy atom. The molecule has 2 aromatic rings. The molecule has 2 aromatic carbocycles. The van der Waals surface area contributed by atoms with Crippen LogP contribution >= 0.6 is 0 Å². The highest BCUT2D eigenvalue weighted by atomic mass is 32.2. The van der Waals surface area contributed by atoms with E-state index in [1.165, 1.54) is 6.92 Å². The summed E-state index contributed by atoms with van der Waals surface area (Å²) < 4.78 is 53.1. The number of rotatable bonds is 6. The average molecular weight is 424 g/mol. The lowest BCUT2D eigenvalue weighted by molar-refractivity contribution is 0.0318. The molecule has 0 aliphatic heterocycles. The van der Waals surface area contributed by atoms with Gasteiger partial charge in [0.05, 0.1) is 10.5 Å². The average Bonchev–Trinajstić information content (AvgIpc) is 2.66. The molecule has 0 saturated heterocycles. The summed E-state index contributed by atoms with van der Waals surface area (Å²) in [5.74, 6) is -4.81. The zero-order chi connectivity index (χ0) is 22.0. The van der Waals surface area contributed by atoms with Crippen LogP contribution in [0.15, 0.2) is 53.4 Å². The number of hydrogen-bond acceptors (Lipinski definition) is 5. The van der Waals surface area contributed by atoms with Crippen LogP contribution in [0.4, 0.5) is 8.78 Å². The Morgan fingerprint density at radius 2 is 1.38 bits per heavy atom. The van der Waals surface area contributed by atoms with Crippen molar-refractivity contribution in [3.05, 3.63) is 65.2 Å². The predicted molar refractivity (Wildman–Crippen MR) is 104 cm³/mol. The molecule has 29 heavy (non-hydrogen) atoms. The van der Waals surface area contributed by atoms with E-state index in [4.69, 9.17) is 4.74 Å². The summed E-state index contributed by atoms with van der Waals surface area (Å²) in [6.45, 7) is 7.57. The summed E-state index contributed by atoms with van der Waals surface area (Å²) in [6.07, 6.45) is -1.08. The van der Waals surface area contributed by atoms with E-state index in [1.54, 1.807) is 12.1 Å². The molecule has 0 aliphatic carbocycles. The number of carbonyl (C=O) groups is 2. The number of hydrogen-bond donors (Lipinski definition) is 0. The van der Waals surface area contributed by atoms with E-state index in [2.05, 4.69) is 0 Å². The van der Waals surface area contributed by atoms with Gasteiger partial charge in [0.2, 0.25) is 15.6 Å². The summed E-state index contributed by atoms with van der Waals surface area (Å²) in [5.41, 5.74) is 1.32. The third-order valence-corrected chi connectivity index (χ3v) is 5.74. The molecule has 0 saturated carbocycles. The fourth-order valence-electron chi connectivity index (χ4n) is 2.53. The highest BCUT2D eigenvalue weighted by Gasteiger charge is 2.27. The first-order valence-electron chi connectivity index (χ1n) is 8.82. The maximum Gasteiger partial charge on any atom is 0.341 e. The molecule has 5 nitrogen and oxygen atoms in total. The van der Waals surface area contributed by atoms with Crippen molar-refractivity contribution < 1.29 is 31.5 Å². The Labute approximate surface area is 168 Å². The van der Waals surface area contributed by atoms with Gasteiger partial charge in [-0.15, -0.1) is 0 Å². The quantitative estimate of drug-likeness (QED) is 0.507. The van der Waals surface area contributed by atoms with Crippen molar-refractivity contribution in [2.45, 2.75) is 49.9 Å². The number of ketones is 1. The monoisotopic (exact) mass is 424 g/mol. The van der Waals surface area contributed by atoms with E-state index in [1.807, 2.05) is 32.9 Å². The molecule has 0 N–H and O–H groups in total. The molecule has 0 spiro atoms. The molecule has 1 atom stereocenters. The molecular formula is C21H22F2O5S. The molecule has 0 amide bonds. The number of esters is 1. The second-order valence-corrected chi connectivity index (χ2v) is 9.49.